The molecule has 1 N–H and O–H groups in total. The molecular weight excluding hydrogens is 416 g/mol. The van der Waals surface area contributed by atoms with Crippen LogP contribution in [0.25, 0.3) is 16.9 Å². The van der Waals surface area contributed by atoms with Crippen molar-refractivity contribution >= 4 is 9.84 Å². The Bertz CT molecular complexity index is 1170. The minimum atomic E-state index is -3.52. The number of rotatable bonds is 7. The molecule has 158 valence electrons. The van der Waals surface area contributed by atoms with Gasteiger partial charge in [0.25, 0.3) is 0 Å². The van der Waals surface area contributed by atoms with Crippen molar-refractivity contribution in [3.8, 4) is 22.7 Å². The van der Waals surface area contributed by atoms with E-state index in [-0.39, 0.29) is 22.3 Å². The third kappa shape index (κ3) is 3.37. The molecule has 1 aliphatic carbocycles. The van der Waals surface area contributed by atoms with Gasteiger partial charge in [0.05, 0.1) is 22.4 Å². The lowest BCUT2D eigenvalue weighted by Gasteiger charge is -2.27. The molecule has 5 rings (SSSR count). The van der Waals surface area contributed by atoms with E-state index in [0.717, 1.165) is 13.1 Å². The summed E-state index contributed by atoms with van der Waals surface area (Å²) in [7, 11) is -3.52. The van der Waals surface area contributed by atoms with Gasteiger partial charge in [-0.3, -0.25) is 4.68 Å². The molecule has 0 radical (unpaired) electrons. The summed E-state index contributed by atoms with van der Waals surface area (Å²) in [6, 6.07) is 5.81. The van der Waals surface area contributed by atoms with Crippen LogP contribution in [0.5, 0.6) is 5.75 Å². The minimum absolute atomic E-state index is 0.0768. The zero-order valence-corrected chi connectivity index (χ0v) is 16.6. The average Bonchev–Trinajstić information content (AvgIpc) is 3.23. The highest BCUT2D eigenvalue weighted by Gasteiger charge is 2.37. The predicted molar refractivity (Wildman–Crippen MR) is 104 cm³/mol. The highest BCUT2D eigenvalue weighted by molar-refractivity contribution is 7.92. The van der Waals surface area contributed by atoms with E-state index in [9.17, 15) is 17.2 Å². The lowest BCUT2D eigenvalue weighted by atomic mass is 10.1. The minimum Gasteiger partial charge on any atom is -0.434 e. The Kier molecular flexibility index (Phi) is 4.58. The number of alkyl halides is 2. The van der Waals surface area contributed by atoms with Gasteiger partial charge in [-0.05, 0) is 37.1 Å². The standard InChI is InChI=1S/C19H19F2N5O3S/c20-19(21)29-17-5-4-14(30(27,28)13-2-3-13)8-15(17)18-16(25-7-1-6-23-25)11-26(24-18)12-9-22-10-12/h1,4-8,11-13,19,22H,2-3,9-10H2. The molecule has 0 atom stereocenters. The van der Waals surface area contributed by atoms with Crippen molar-refractivity contribution in [2.24, 2.45) is 0 Å². The summed E-state index contributed by atoms with van der Waals surface area (Å²) in [5.41, 5.74) is 1.06. The van der Waals surface area contributed by atoms with Gasteiger partial charge in [-0.1, -0.05) is 0 Å². The van der Waals surface area contributed by atoms with E-state index in [1.807, 2.05) is 0 Å². The molecule has 11 heteroatoms. The highest BCUT2D eigenvalue weighted by Crippen LogP contribution is 2.40. The van der Waals surface area contributed by atoms with E-state index < -0.39 is 21.7 Å². The third-order valence-electron chi connectivity index (χ3n) is 5.31. The smallest absolute Gasteiger partial charge is 0.387 e. The normalized spacial score (nSPS) is 17.3. The number of halogens is 2. The molecule has 0 spiro atoms. The van der Waals surface area contributed by atoms with E-state index in [2.05, 4.69) is 15.5 Å². The second-order valence-corrected chi connectivity index (χ2v) is 9.61. The SMILES string of the molecule is O=S(=O)(c1ccc(OC(F)F)c(-c2nn(C3CNC3)cc2-n2cccn2)c1)C1CC1. The Morgan fingerprint density at radius 2 is 2.03 bits per heavy atom. The number of ether oxygens (including phenoxy) is 1. The number of aromatic nitrogens is 4. The maximum atomic E-state index is 13.1. The molecule has 2 fully saturated rings. The zero-order valence-electron chi connectivity index (χ0n) is 15.8. The molecule has 3 aromatic rings. The third-order valence-corrected chi connectivity index (χ3v) is 7.57. The van der Waals surface area contributed by atoms with Crippen LogP contribution in [0.15, 0.2) is 47.8 Å². The second-order valence-electron chi connectivity index (χ2n) is 7.39. The van der Waals surface area contributed by atoms with Gasteiger partial charge in [0, 0.05) is 31.0 Å². The number of hydrogen-bond acceptors (Lipinski definition) is 6. The van der Waals surface area contributed by atoms with Crippen molar-refractivity contribution in [2.75, 3.05) is 13.1 Å². The van der Waals surface area contributed by atoms with E-state index >= 15 is 0 Å². The fourth-order valence-electron chi connectivity index (χ4n) is 3.44. The van der Waals surface area contributed by atoms with Crippen LogP contribution in [0.4, 0.5) is 8.78 Å². The first-order valence-electron chi connectivity index (χ1n) is 9.56. The second kappa shape index (κ2) is 7.17. The molecule has 1 aromatic carbocycles. The number of nitrogens with zero attached hydrogens (tertiary/aromatic N) is 4. The summed E-state index contributed by atoms with van der Waals surface area (Å²) in [5.74, 6) is -0.134. The van der Waals surface area contributed by atoms with Gasteiger partial charge in [-0.15, -0.1) is 0 Å². The van der Waals surface area contributed by atoms with Crippen molar-refractivity contribution < 1.29 is 21.9 Å². The van der Waals surface area contributed by atoms with Crippen LogP contribution in [0.3, 0.4) is 0 Å². The Balaban J connectivity index is 1.68. The maximum absolute atomic E-state index is 13.1. The van der Waals surface area contributed by atoms with Gasteiger partial charge in [-0.2, -0.15) is 19.0 Å². The zero-order chi connectivity index (χ0) is 20.9. The first kappa shape index (κ1) is 19.2. The van der Waals surface area contributed by atoms with Crippen molar-refractivity contribution in [3.63, 3.8) is 0 Å². The van der Waals surface area contributed by atoms with Crippen LogP contribution in [0, 0.1) is 0 Å². The molecule has 0 bridgehead atoms. The molecule has 30 heavy (non-hydrogen) atoms. The Morgan fingerprint density at radius 1 is 1.23 bits per heavy atom. The number of hydrogen-bond donors (Lipinski definition) is 1. The van der Waals surface area contributed by atoms with Gasteiger partial charge in [-0.25, -0.2) is 13.1 Å². The van der Waals surface area contributed by atoms with E-state index in [0.29, 0.717) is 24.2 Å². The largest absolute Gasteiger partial charge is 0.434 e. The molecule has 1 aliphatic heterocycles. The first-order chi connectivity index (χ1) is 14.4. The lowest BCUT2D eigenvalue weighted by Crippen LogP contribution is -2.43. The van der Waals surface area contributed by atoms with Crippen LogP contribution in [-0.2, 0) is 9.84 Å². The summed E-state index contributed by atoms with van der Waals surface area (Å²) in [5, 5.41) is 11.6. The molecule has 2 aliphatic rings. The van der Waals surface area contributed by atoms with Gasteiger partial charge in [0.2, 0.25) is 0 Å². The Hall–Kier alpha value is -2.79. The highest BCUT2D eigenvalue weighted by atomic mass is 32.2. The summed E-state index contributed by atoms with van der Waals surface area (Å²) >= 11 is 0. The van der Waals surface area contributed by atoms with Crippen molar-refractivity contribution in [1.29, 1.82) is 0 Å². The molecule has 2 aromatic heterocycles. The topological polar surface area (TPSA) is 91.0 Å². The molecule has 0 amide bonds. The van der Waals surface area contributed by atoms with Crippen LogP contribution in [0.2, 0.25) is 0 Å². The van der Waals surface area contributed by atoms with Crippen LogP contribution < -0.4 is 10.1 Å². The summed E-state index contributed by atoms with van der Waals surface area (Å²) in [6.45, 7) is -1.59. The van der Waals surface area contributed by atoms with Gasteiger partial charge >= 0.3 is 6.61 Å². The van der Waals surface area contributed by atoms with E-state index in [1.54, 1.807) is 34.0 Å². The Labute approximate surface area is 171 Å². The van der Waals surface area contributed by atoms with Crippen molar-refractivity contribution in [3.05, 3.63) is 42.9 Å². The first-order valence-corrected chi connectivity index (χ1v) is 11.1. The van der Waals surface area contributed by atoms with Crippen LogP contribution >= 0.6 is 0 Å². The van der Waals surface area contributed by atoms with E-state index in [4.69, 9.17) is 4.74 Å². The fourth-order valence-corrected chi connectivity index (χ4v) is 5.12. The summed E-state index contributed by atoms with van der Waals surface area (Å²) in [6.07, 6.45) is 6.30. The maximum Gasteiger partial charge on any atom is 0.387 e. The van der Waals surface area contributed by atoms with Crippen LogP contribution in [-0.4, -0.2) is 52.9 Å². The van der Waals surface area contributed by atoms with Gasteiger partial charge in [0.1, 0.15) is 17.1 Å². The summed E-state index contributed by atoms with van der Waals surface area (Å²) in [4.78, 5) is 0.0768. The fraction of sp³-hybridized carbons (Fsp3) is 0.368. The molecular formula is C19H19F2N5O3S. The number of nitrogens with one attached hydrogen (secondary N) is 1. The number of benzene rings is 1. The molecule has 1 saturated carbocycles. The molecule has 0 unspecified atom stereocenters. The average molecular weight is 435 g/mol. The van der Waals surface area contributed by atoms with Crippen LogP contribution in [0.1, 0.15) is 18.9 Å². The molecule has 8 nitrogen and oxygen atoms in total. The van der Waals surface area contributed by atoms with Gasteiger partial charge < -0.3 is 10.1 Å². The predicted octanol–water partition coefficient (Wildman–Crippen LogP) is 2.42. The molecule has 1 saturated heterocycles. The quantitative estimate of drug-likeness (QED) is 0.613. The van der Waals surface area contributed by atoms with Crippen molar-refractivity contribution in [2.45, 2.75) is 35.6 Å². The Morgan fingerprint density at radius 3 is 2.63 bits per heavy atom. The number of sulfone groups is 1. The summed E-state index contributed by atoms with van der Waals surface area (Å²) < 4.78 is 59.7. The van der Waals surface area contributed by atoms with Gasteiger partial charge in [0.15, 0.2) is 9.84 Å². The van der Waals surface area contributed by atoms with E-state index in [1.165, 1.54) is 18.2 Å². The molecule has 3 heterocycles. The van der Waals surface area contributed by atoms with Crippen molar-refractivity contribution in [1.82, 2.24) is 24.9 Å². The lowest BCUT2D eigenvalue weighted by molar-refractivity contribution is -0.0494. The monoisotopic (exact) mass is 435 g/mol.